The van der Waals surface area contributed by atoms with E-state index < -0.39 is 0 Å². The maximum atomic E-state index is 13.0. The molecule has 0 saturated heterocycles. The Morgan fingerprint density at radius 3 is 2.64 bits per heavy atom. The van der Waals surface area contributed by atoms with E-state index in [1.165, 1.54) is 15.3 Å². The molecule has 0 bridgehead atoms. The third kappa shape index (κ3) is 2.28. The van der Waals surface area contributed by atoms with Crippen LogP contribution in [0, 0.1) is 0 Å². The summed E-state index contributed by atoms with van der Waals surface area (Å²) in [7, 11) is 0. The van der Waals surface area contributed by atoms with Crippen molar-refractivity contribution in [2.24, 2.45) is 0 Å². The van der Waals surface area contributed by atoms with E-state index in [1.54, 1.807) is 22.7 Å². The lowest BCUT2D eigenvalue weighted by Crippen LogP contribution is -2.39. The van der Waals surface area contributed by atoms with E-state index in [9.17, 15) is 4.79 Å². The Labute approximate surface area is 137 Å². The third-order valence-corrected chi connectivity index (χ3v) is 5.98. The zero-order chi connectivity index (χ0) is 14.9. The standard InChI is InChI=1S/C18H15NOS2/c20-18(13-5-2-1-3-6-13)19-10-8-15-14(9-12-22-15)17(19)16-7-4-11-21-16/h1-7,9,11-12,17H,8,10H2. The fourth-order valence-electron chi connectivity index (χ4n) is 3.04. The van der Waals surface area contributed by atoms with E-state index in [1.807, 2.05) is 35.2 Å². The fraction of sp³-hybridized carbons (Fsp3) is 0.167. The monoisotopic (exact) mass is 325 g/mol. The van der Waals surface area contributed by atoms with Crippen LogP contribution in [0.5, 0.6) is 0 Å². The predicted molar refractivity (Wildman–Crippen MR) is 91.7 cm³/mol. The maximum absolute atomic E-state index is 13.0. The highest BCUT2D eigenvalue weighted by molar-refractivity contribution is 7.10. The minimum absolute atomic E-state index is 0.0581. The summed E-state index contributed by atoms with van der Waals surface area (Å²) in [6, 6.07) is 16.0. The Balaban J connectivity index is 1.77. The van der Waals surface area contributed by atoms with Gasteiger partial charge in [0.25, 0.3) is 5.91 Å². The van der Waals surface area contributed by atoms with Crippen LogP contribution in [0.4, 0.5) is 0 Å². The summed E-state index contributed by atoms with van der Waals surface area (Å²) >= 11 is 3.53. The van der Waals surface area contributed by atoms with Gasteiger partial charge in [0.05, 0.1) is 6.04 Å². The van der Waals surface area contributed by atoms with Gasteiger partial charge in [0, 0.05) is 21.9 Å². The number of amides is 1. The topological polar surface area (TPSA) is 20.3 Å². The lowest BCUT2D eigenvalue weighted by Gasteiger charge is -2.35. The molecule has 0 N–H and O–H groups in total. The molecule has 0 fully saturated rings. The molecule has 0 saturated carbocycles. The largest absolute Gasteiger partial charge is 0.326 e. The molecular formula is C18H15NOS2. The van der Waals surface area contributed by atoms with Crippen molar-refractivity contribution in [2.75, 3.05) is 6.54 Å². The van der Waals surface area contributed by atoms with Crippen molar-refractivity contribution >= 4 is 28.6 Å². The molecule has 1 amide bonds. The van der Waals surface area contributed by atoms with E-state index in [0.29, 0.717) is 0 Å². The van der Waals surface area contributed by atoms with Gasteiger partial charge in [-0.15, -0.1) is 22.7 Å². The maximum Gasteiger partial charge on any atom is 0.254 e. The van der Waals surface area contributed by atoms with Crippen molar-refractivity contribution < 1.29 is 4.79 Å². The number of hydrogen-bond acceptors (Lipinski definition) is 3. The Bertz CT molecular complexity index is 777. The summed E-state index contributed by atoms with van der Waals surface area (Å²) in [6.07, 6.45) is 0.952. The van der Waals surface area contributed by atoms with Gasteiger partial charge in [0.1, 0.15) is 0 Å². The summed E-state index contributed by atoms with van der Waals surface area (Å²) in [4.78, 5) is 17.6. The molecule has 2 nitrogen and oxygen atoms in total. The first kappa shape index (κ1) is 13.7. The van der Waals surface area contributed by atoms with E-state index >= 15 is 0 Å². The summed E-state index contributed by atoms with van der Waals surface area (Å²) in [6.45, 7) is 0.782. The zero-order valence-electron chi connectivity index (χ0n) is 11.9. The Morgan fingerprint density at radius 2 is 1.86 bits per heavy atom. The van der Waals surface area contributed by atoms with Crippen molar-refractivity contribution in [3.8, 4) is 0 Å². The summed E-state index contributed by atoms with van der Waals surface area (Å²) in [5.74, 6) is 0.121. The summed E-state index contributed by atoms with van der Waals surface area (Å²) in [5.41, 5.74) is 2.06. The number of carbonyl (C=O) groups is 1. The normalized spacial score (nSPS) is 17.3. The number of fused-ring (bicyclic) bond motifs is 1. The second-order valence-electron chi connectivity index (χ2n) is 5.33. The Morgan fingerprint density at radius 1 is 1.00 bits per heavy atom. The lowest BCUT2D eigenvalue weighted by molar-refractivity contribution is 0.0699. The molecule has 2 aromatic heterocycles. The fourth-order valence-corrected chi connectivity index (χ4v) is 4.79. The molecule has 1 aliphatic rings. The molecule has 3 heterocycles. The van der Waals surface area contributed by atoms with Crippen LogP contribution < -0.4 is 0 Å². The van der Waals surface area contributed by atoms with Crippen LogP contribution in [-0.2, 0) is 6.42 Å². The van der Waals surface area contributed by atoms with Gasteiger partial charge in [0.2, 0.25) is 0 Å². The predicted octanol–water partition coefficient (Wildman–Crippen LogP) is 4.60. The van der Waals surface area contributed by atoms with Crippen molar-refractivity contribution in [1.82, 2.24) is 4.90 Å². The van der Waals surface area contributed by atoms with Crippen LogP contribution in [0.1, 0.15) is 31.7 Å². The number of carbonyl (C=O) groups excluding carboxylic acids is 1. The van der Waals surface area contributed by atoms with Crippen molar-refractivity contribution in [3.63, 3.8) is 0 Å². The quantitative estimate of drug-likeness (QED) is 0.674. The molecule has 1 aliphatic heterocycles. The minimum Gasteiger partial charge on any atom is -0.326 e. The first-order valence-corrected chi connectivity index (χ1v) is 9.06. The molecule has 1 unspecified atom stereocenters. The first-order valence-electron chi connectivity index (χ1n) is 7.30. The van der Waals surface area contributed by atoms with Crippen LogP contribution in [0.25, 0.3) is 0 Å². The zero-order valence-corrected chi connectivity index (χ0v) is 13.6. The van der Waals surface area contributed by atoms with E-state index in [4.69, 9.17) is 0 Å². The number of thiophene rings is 2. The van der Waals surface area contributed by atoms with Gasteiger partial charge in [-0.2, -0.15) is 0 Å². The van der Waals surface area contributed by atoms with E-state index in [0.717, 1.165) is 18.5 Å². The SMILES string of the molecule is O=C(c1ccccc1)N1CCc2sccc2C1c1cccs1. The van der Waals surface area contributed by atoms with Crippen LogP contribution in [0.15, 0.2) is 59.3 Å². The highest BCUT2D eigenvalue weighted by atomic mass is 32.1. The smallest absolute Gasteiger partial charge is 0.254 e. The van der Waals surface area contributed by atoms with Gasteiger partial charge in [-0.05, 0) is 47.0 Å². The molecule has 4 heteroatoms. The van der Waals surface area contributed by atoms with Crippen LogP contribution >= 0.6 is 22.7 Å². The van der Waals surface area contributed by atoms with Crippen LogP contribution in [-0.4, -0.2) is 17.4 Å². The van der Waals surface area contributed by atoms with E-state index in [-0.39, 0.29) is 11.9 Å². The van der Waals surface area contributed by atoms with Gasteiger partial charge >= 0.3 is 0 Å². The Kier molecular flexibility index (Phi) is 3.56. The van der Waals surface area contributed by atoms with Gasteiger partial charge in [-0.1, -0.05) is 24.3 Å². The number of rotatable bonds is 2. The molecule has 1 aromatic carbocycles. The average Bonchev–Trinajstić information content (AvgIpc) is 3.25. The highest BCUT2D eigenvalue weighted by Crippen LogP contribution is 2.40. The Hall–Kier alpha value is -1.91. The second kappa shape index (κ2) is 5.71. The lowest BCUT2D eigenvalue weighted by atomic mass is 9.97. The van der Waals surface area contributed by atoms with Gasteiger partial charge in [-0.3, -0.25) is 4.79 Å². The minimum atomic E-state index is 0.0581. The molecule has 4 rings (SSSR count). The third-order valence-electron chi connectivity index (χ3n) is 4.06. The second-order valence-corrected chi connectivity index (χ2v) is 7.31. The molecule has 1 atom stereocenters. The van der Waals surface area contributed by atoms with Crippen molar-refractivity contribution in [2.45, 2.75) is 12.5 Å². The number of nitrogens with zero attached hydrogens (tertiary/aromatic N) is 1. The van der Waals surface area contributed by atoms with Crippen LogP contribution in [0.3, 0.4) is 0 Å². The summed E-state index contributed by atoms with van der Waals surface area (Å²) < 4.78 is 0. The molecule has 22 heavy (non-hydrogen) atoms. The first-order chi connectivity index (χ1) is 10.8. The molecular weight excluding hydrogens is 310 g/mol. The molecule has 0 spiro atoms. The van der Waals surface area contributed by atoms with Gasteiger partial charge in [0.15, 0.2) is 0 Å². The summed E-state index contributed by atoms with van der Waals surface area (Å²) in [5, 5.41) is 4.23. The number of benzene rings is 1. The van der Waals surface area contributed by atoms with Crippen molar-refractivity contribution in [1.29, 1.82) is 0 Å². The van der Waals surface area contributed by atoms with Crippen molar-refractivity contribution in [3.05, 3.63) is 80.2 Å². The molecule has 0 radical (unpaired) electrons. The van der Waals surface area contributed by atoms with Crippen LogP contribution in [0.2, 0.25) is 0 Å². The van der Waals surface area contributed by atoms with Gasteiger partial charge < -0.3 is 4.90 Å². The molecule has 110 valence electrons. The average molecular weight is 325 g/mol. The van der Waals surface area contributed by atoms with E-state index in [2.05, 4.69) is 29.0 Å². The number of hydrogen-bond donors (Lipinski definition) is 0. The highest BCUT2D eigenvalue weighted by Gasteiger charge is 2.33. The molecule has 3 aromatic rings. The molecule has 0 aliphatic carbocycles. The van der Waals surface area contributed by atoms with Gasteiger partial charge in [-0.25, -0.2) is 0 Å².